The second kappa shape index (κ2) is 7.56. The number of amides is 1. The van der Waals surface area contributed by atoms with Gasteiger partial charge in [0.2, 0.25) is 17.6 Å². The van der Waals surface area contributed by atoms with Crippen LogP contribution < -0.4 is 0 Å². The van der Waals surface area contributed by atoms with Gasteiger partial charge in [-0.1, -0.05) is 24.4 Å². The van der Waals surface area contributed by atoms with E-state index in [4.69, 9.17) is 4.52 Å². The molecule has 2 fully saturated rings. The minimum absolute atomic E-state index is 0.0815. The number of aromatic nitrogens is 2. The molecule has 138 valence electrons. The van der Waals surface area contributed by atoms with Crippen LogP contribution in [0.2, 0.25) is 0 Å². The average Bonchev–Trinajstić information content (AvgIpc) is 3.19. The zero-order chi connectivity index (χ0) is 17.9. The topological polar surface area (TPSA) is 59.2 Å². The van der Waals surface area contributed by atoms with Crippen LogP contribution in [0.3, 0.4) is 0 Å². The van der Waals surface area contributed by atoms with Crippen LogP contribution in [0.4, 0.5) is 4.39 Å². The lowest BCUT2D eigenvalue weighted by atomic mass is 9.87. The largest absolute Gasteiger partial charge is 0.342 e. The number of likely N-dealkylation sites (tertiary alicyclic amines) is 1. The predicted molar refractivity (Wildman–Crippen MR) is 94.8 cm³/mol. The Bertz CT molecular complexity index is 753. The van der Waals surface area contributed by atoms with Crippen molar-refractivity contribution in [2.45, 2.75) is 50.9 Å². The van der Waals surface area contributed by atoms with E-state index < -0.39 is 0 Å². The van der Waals surface area contributed by atoms with E-state index in [1.807, 2.05) is 4.90 Å². The summed E-state index contributed by atoms with van der Waals surface area (Å²) < 4.78 is 18.5. The van der Waals surface area contributed by atoms with Gasteiger partial charge in [-0.15, -0.1) is 0 Å². The van der Waals surface area contributed by atoms with Crippen molar-refractivity contribution in [3.63, 3.8) is 0 Å². The predicted octanol–water partition coefficient (Wildman–Crippen LogP) is 4.16. The van der Waals surface area contributed by atoms with Crippen molar-refractivity contribution >= 4 is 5.91 Å². The maximum absolute atomic E-state index is 13.1. The van der Waals surface area contributed by atoms with Gasteiger partial charge < -0.3 is 9.42 Å². The zero-order valence-electron chi connectivity index (χ0n) is 14.9. The van der Waals surface area contributed by atoms with E-state index in [-0.39, 0.29) is 17.7 Å². The molecule has 2 heterocycles. The molecule has 0 bridgehead atoms. The lowest BCUT2D eigenvalue weighted by Crippen LogP contribution is -2.42. The molecule has 6 heteroatoms. The molecule has 4 rings (SSSR count). The summed E-state index contributed by atoms with van der Waals surface area (Å²) in [6.45, 7) is 1.48. The van der Waals surface area contributed by atoms with E-state index in [0.29, 0.717) is 24.2 Å². The molecule has 1 aliphatic heterocycles. The molecular weight excluding hydrogens is 333 g/mol. The Hall–Kier alpha value is -2.24. The van der Waals surface area contributed by atoms with Crippen LogP contribution in [0.5, 0.6) is 0 Å². The van der Waals surface area contributed by atoms with E-state index in [1.54, 1.807) is 12.1 Å². The van der Waals surface area contributed by atoms with E-state index in [1.165, 1.54) is 31.4 Å². The first kappa shape index (κ1) is 17.2. The fourth-order valence-electron chi connectivity index (χ4n) is 4.10. The average molecular weight is 357 g/mol. The monoisotopic (exact) mass is 357 g/mol. The number of piperidine rings is 1. The van der Waals surface area contributed by atoms with E-state index in [2.05, 4.69) is 10.1 Å². The van der Waals surface area contributed by atoms with Gasteiger partial charge in [-0.3, -0.25) is 4.79 Å². The summed E-state index contributed by atoms with van der Waals surface area (Å²) in [5, 5.41) is 4.04. The van der Waals surface area contributed by atoms with Crippen LogP contribution in [0.25, 0.3) is 11.4 Å². The summed E-state index contributed by atoms with van der Waals surface area (Å²) >= 11 is 0. The number of nitrogens with zero attached hydrogens (tertiary/aromatic N) is 3. The quantitative estimate of drug-likeness (QED) is 0.827. The van der Waals surface area contributed by atoms with Crippen molar-refractivity contribution in [3.05, 3.63) is 36.0 Å². The van der Waals surface area contributed by atoms with E-state index in [9.17, 15) is 9.18 Å². The summed E-state index contributed by atoms with van der Waals surface area (Å²) in [4.78, 5) is 19.3. The molecule has 1 aliphatic carbocycles. The van der Waals surface area contributed by atoms with Crippen LogP contribution in [-0.2, 0) is 4.79 Å². The zero-order valence-corrected chi connectivity index (χ0v) is 14.9. The minimum Gasteiger partial charge on any atom is -0.342 e. The molecule has 1 atom stereocenters. The molecule has 1 amide bonds. The first-order valence-electron chi connectivity index (χ1n) is 9.59. The number of benzene rings is 1. The van der Waals surface area contributed by atoms with Crippen LogP contribution in [-0.4, -0.2) is 34.0 Å². The summed E-state index contributed by atoms with van der Waals surface area (Å²) in [6.07, 6.45) is 7.53. The Kier molecular flexibility index (Phi) is 5.00. The number of halogens is 1. The van der Waals surface area contributed by atoms with Gasteiger partial charge >= 0.3 is 0 Å². The molecule has 1 aromatic heterocycles. The van der Waals surface area contributed by atoms with E-state index in [0.717, 1.165) is 37.8 Å². The SMILES string of the molecule is O=C(C1CCCCC1)N1CCC[C@H](c2nc(-c3ccc(F)cc3)no2)C1. The fraction of sp³-hybridized carbons (Fsp3) is 0.550. The minimum atomic E-state index is -0.290. The van der Waals surface area contributed by atoms with Crippen molar-refractivity contribution in [2.75, 3.05) is 13.1 Å². The first-order valence-corrected chi connectivity index (χ1v) is 9.59. The fourth-order valence-corrected chi connectivity index (χ4v) is 4.10. The Morgan fingerprint density at radius 1 is 1.08 bits per heavy atom. The Morgan fingerprint density at radius 3 is 2.62 bits per heavy atom. The van der Waals surface area contributed by atoms with E-state index >= 15 is 0 Å². The van der Waals surface area contributed by atoms with Crippen molar-refractivity contribution in [1.82, 2.24) is 15.0 Å². The van der Waals surface area contributed by atoms with Gasteiger partial charge in [-0.2, -0.15) is 4.98 Å². The summed E-state index contributed by atoms with van der Waals surface area (Å²) in [5.74, 6) is 1.33. The summed E-state index contributed by atoms with van der Waals surface area (Å²) in [6, 6.07) is 6.06. The third-order valence-electron chi connectivity index (χ3n) is 5.58. The molecule has 26 heavy (non-hydrogen) atoms. The molecule has 0 spiro atoms. The summed E-state index contributed by atoms with van der Waals surface area (Å²) in [5.41, 5.74) is 0.729. The number of carbonyl (C=O) groups excluding carboxylic acids is 1. The molecule has 1 aromatic carbocycles. The lowest BCUT2D eigenvalue weighted by molar-refractivity contribution is -0.137. The van der Waals surface area contributed by atoms with Crippen LogP contribution in [0, 0.1) is 11.7 Å². The highest BCUT2D eigenvalue weighted by Gasteiger charge is 2.32. The summed E-state index contributed by atoms with van der Waals surface area (Å²) in [7, 11) is 0. The van der Waals surface area contributed by atoms with Crippen LogP contribution in [0.15, 0.2) is 28.8 Å². The number of rotatable bonds is 3. The third kappa shape index (κ3) is 3.64. The third-order valence-corrected chi connectivity index (χ3v) is 5.58. The standard InChI is InChI=1S/C20H24FN3O2/c21-17-10-8-14(9-11-17)18-22-19(26-23-18)16-7-4-12-24(13-16)20(25)15-5-2-1-3-6-15/h8-11,15-16H,1-7,12-13H2/t16-/m0/s1. The second-order valence-corrected chi connectivity index (χ2v) is 7.42. The molecule has 1 saturated heterocycles. The van der Waals surface area contributed by atoms with Crippen LogP contribution in [0.1, 0.15) is 56.8 Å². The van der Waals surface area contributed by atoms with Gasteiger partial charge in [0.25, 0.3) is 0 Å². The molecule has 5 nitrogen and oxygen atoms in total. The van der Waals surface area contributed by atoms with Crippen molar-refractivity contribution in [3.8, 4) is 11.4 Å². The van der Waals surface area contributed by atoms with Crippen molar-refractivity contribution < 1.29 is 13.7 Å². The molecule has 2 aromatic rings. The van der Waals surface area contributed by atoms with Gasteiger partial charge in [0.15, 0.2) is 0 Å². The van der Waals surface area contributed by atoms with Crippen LogP contribution >= 0.6 is 0 Å². The normalized spacial score (nSPS) is 21.7. The van der Waals surface area contributed by atoms with Crippen molar-refractivity contribution in [2.24, 2.45) is 5.92 Å². The van der Waals surface area contributed by atoms with Gasteiger partial charge in [0, 0.05) is 24.6 Å². The number of hydrogen-bond donors (Lipinski definition) is 0. The first-order chi connectivity index (χ1) is 12.7. The highest BCUT2D eigenvalue weighted by molar-refractivity contribution is 5.79. The number of carbonyl (C=O) groups is 1. The molecular formula is C20H24FN3O2. The maximum atomic E-state index is 13.1. The van der Waals surface area contributed by atoms with Gasteiger partial charge in [-0.25, -0.2) is 4.39 Å². The maximum Gasteiger partial charge on any atom is 0.231 e. The molecule has 0 N–H and O–H groups in total. The molecule has 0 radical (unpaired) electrons. The van der Waals surface area contributed by atoms with Gasteiger partial charge in [0.05, 0.1) is 5.92 Å². The Labute approximate surface area is 152 Å². The Balaban J connectivity index is 1.44. The van der Waals surface area contributed by atoms with Gasteiger partial charge in [-0.05, 0) is 49.9 Å². The second-order valence-electron chi connectivity index (χ2n) is 7.42. The van der Waals surface area contributed by atoms with Gasteiger partial charge in [0.1, 0.15) is 5.82 Å². The molecule has 0 unspecified atom stereocenters. The van der Waals surface area contributed by atoms with Crippen molar-refractivity contribution in [1.29, 1.82) is 0 Å². The molecule has 1 saturated carbocycles. The molecule has 2 aliphatic rings. The smallest absolute Gasteiger partial charge is 0.231 e. The lowest BCUT2D eigenvalue weighted by Gasteiger charge is -2.34. The Morgan fingerprint density at radius 2 is 1.85 bits per heavy atom. The number of hydrogen-bond acceptors (Lipinski definition) is 4. The highest BCUT2D eigenvalue weighted by atomic mass is 19.1. The highest BCUT2D eigenvalue weighted by Crippen LogP contribution is 2.31.